The van der Waals surface area contributed by atoms with Crippen LogP contribution in [0.5, 0.6) is 11.5 Å². The quantitative estimate of drug-likeness (QED) is 0.758. The Morgan fingerprint density at radius 2 is 1.92 bits per heavy atom. The predicted molar refractivity (Wildman–Crippen MR) is 94.9 cm³/mol. The maximum atomic E-state index is 9.62. The summed E-state index contributed by atoms with van der Waals surface area (Å²) in [5, 5.41) is 13.9. The number of hydrogen-bond acceptors (Lipinski definition) is 6. The van der Waals surface area contributed by atoms with Crippen LogP contribution in [0.2, 0.25) is 10.0 Å². The van der Waals surface area contributed by atoms with E-state index in [2.05, 4.69) is 15.3 Å². The molecule has 3 rings (SSSR count). The third-order valence-electron chi connectivity index (χ3n) is 3.93. The molecule has 1 heterocycles. The lowest BCUT2D eigenvalue weighted by Gasteiger charge is -2.27. The van der Waals surface area contributed by atoms with Crippen molar-refractivity contribution in [1.82, 2.24) is 9.97 Å². The van der Waals surface area contributed by atoms with E-state index < -0.39 is 0 Å². The molecule has 0 radical (unpaired) electrons. The van der Waals surface area contributed by atoms with Gasteiger partial charge in [0.25, 0.3) is 0 Å². The van der Waals surface area contributed by atoms with Gasteiger partial charge in [-0.25, -0.2) is 4.98 Å². The molecule has 4 N–H and O–H groups in total. The molecule has 1 aromatic carbocycles. The lowest BCUT2D eigenvalue weighted by atomic mass is 9.93. The molecule has 0 aliphatic heterocycles. The van der Waals surface area contributed by atoms with E-state index in [1.165, 1.54) is 6.20 Å². The molecule has 128 valence electrons. The number of ether oxygens (including phenoxy) is 1. The van der Waals surface area contributed by atoms with Crippen LogP contribution in [0.15, 0.2) is 24.4 Å². The first-order chi connectivity index (χ1) is 11.5. The Morgan fingerprint density at radius 3 is 2.62 bits per heavy atom. The smallest absolute Gasteiger partial charge is 0.222 e. The highest BCUT2D eigenvalue weighted by atomic mass is 35.5. The van der Waals surface area contributed by atoms with Gasteiger partial charge < -0.3 is 20.9 Å². The van der Waals surface area contributed by atoms with E-state index in [1.54, 1.807) is 18.2 Å². The molecule has 6 nitrogen and oxygen atoms in total. The second-order valence-electron chi connectivity index (χ2n) is 5.77. The molecule has 1 aliphatic carbocycles. The van der Waals surface area contributed by atoms with Gasteiger partial charge in [0.1, 0.15) is 5.75 Å². The average molecular weight is 369 g/mol. The Morgan fingerprint density at radius 1 is 1.17 bits per heavy atom. The second kappa shape index (κ2) is 7.42. The fourth-order valence-corrected chi connectivity index (χ4v) is 3.10. The fourth-order valence-electron chi connectivity index (χ4n) is 2.65. The maximum Gasteiger partial charge on any atom is 0.222 e. The molecular weight excluding hydrogens is 351 g/mol. The van der Waals surface area contributed by atoms with E-state index >= 15 is 0 Å². The zero-order chi connectivity index (χ0) is 17.1. The van der Waals surface area contributed by atoms with Crippen molar-refractivity contribution in [1.29, 1.82) is 0 Å². The largest absolute Gasteiger partial charge is 0.450 e. The van der Waals surface area contributed by atoms with Gasteiger partial charge in [0.05, 0.1) is 17.3 Å². The Labute approximate surface area is 150 Å². The van der Waals surface area contributed by atoms with Crippen LogP contribution in [0, 0.1) is 0 Å². The van der Waals surface area contributed by atoms with Crippen molar-refractivity contribution in [2.45, 2.75) is 37.8 Å². The zero-order valence-corrected chi connectivity index (χ0v) is 14.4. The van der Waals surface area contributed by atoms with Crippen molar-refractivity contribution < 1.29 is 9.84 Å². The fraction of sp³-hybridized carbons (Fsp3) is 0.375. The lowest BCUT2D eigenvalue weighted by molar-refractivity contribution is 0.126. The molecule has 0 amide bonds. The SMILES string of the molecule is Nc1ncc(Oc2ccc(Cl)cc2Cl)c(N[C@H]2CC[C@H](O)CC2)n1. The van der Waals surface area contributed by atoms with E-state index in [4.69, 9.17) is 33.7 Å². The number of anilines is 2. The van der Waals surface area contributed by atoms with Gasteiger partial charge in [-0.2, -0.15) is 4.98 Å². The van der Waals surface area contributed by atoms with Gasteiger partial charge >= 0.3 is 0 Å². The van der Waals surface area contributed by atoms with Crippen LogP contribution in [0.25, 0.3) is 0 Å². The monoisotopic (exact) mass is 368 g/mol. The highest BCUT2D eigenvalue weighted by molar-refractivity contribution is 6.35. The van der Waals surface area contributed by atoms with Gasteiger partial charge in [0.2, 0.25) is 5.95 Å². The Kier molecular flexibility index (Phi) is 5.28. The summed E-state index contributed by atoms with van der Waals surface area (Å²) in [6.07, 6.45) is 4.52. The molecule has 24 heavy (non-hydrogen) atoms. The van der Waals surface area contributed by atoms with Crippen LogP contribution >= 0.6 is 23.2 Å². The Hall–Kier alpha value is -1.76. The van der Waals surface area contributed by atoms with Crippen LogP contribution in [-0.2, 0) is 0 Å². The second-order valence-corrected chi connectivity index (χ2v) is 6.61. The Bertz CT molecular complexity index is 721. The molecule has 0 bridgehead atoms. The van der Waals surface area contributed by atoms with Crippen molar-refractivity contribution in [3.8, 4) is 11.5 Å². The van der Waals surface area contributed by atoms with Gasteiger partial charge in [-0.1, -0.05) is 23.2 Å². The number of rotatable bonds is 4. The van der Waals surface area contributed by atoms with Crippen molar-refractivity contribution >= 4 is 35.0 Å². The van der Waals surface area contributed by atoms with Crippen molar-refractivity contribution in [2.75, 3.05) is 11.1 Å². The molecule has 0 atom stereocenters. The van der Waals surface area contributed by atoms with Gasteiger partial charge in [0.15, 0.2) is 11.6 Å². The van der Waals surface area contributed by atoms with Crippen LogP contribution in [0.3, 0.4) is 0 Å². The zero-order valence-electron chi connectivity index (χ0n) is 12.9. The van der Waals surface area contributed by atoms with Crippen molar-refractivity contribution in [3.05, 3.63) is 34.4 Å². The minimum atomic E-state index is -0.220. The molecular formula is C16H18Cl2N4O2. The van der Waals surface area contributed by atoms with Gasteiger partial charge in [-0.15, -0.1) is 0 Å². The summed E-state index contributed by atoms with van der Waals surface area (Å²) >= 11 is 12.0. The molecule has 0 spiro atoms. The minimum Gasteiger partial charge on any atom is -0.450 e. The van der Waals surface area contributed by atoms with Crippen LogP contribution in [-0.4, -0.2) is 27.2 Å². The summed E-state index contributed by atoms with van der Waals surface area (Å²) in [7, 11) is 0. The van der Waals surface area contributed by atoms with Crippen LogP contribution < -0.4 is 15.8 Å². The van der Waals surface area contributed by atoms with Crippen LogP contribution in [0.1, 0.15) is 25.7 Å². The Balaban J connectivity index is 1.80. The molecule has 0 unspecified atom stereocenters. The summed E-state index contributed by atoms with van der Waals surface area (Å²) in [5.41, 5.74) is 5.70. The topological polar surface area (TPSA) is 93.3 Å². The summed E-state index contributed by atoms with van der Waals surface area (Å²) in [6.45, 7) is 0. The summed E-state index contributed by atoms with van der Waals surface area (Å²) in [5.74, 6) is 1.55. The lowest BCUT2D eigenvalue weighted by Crippen LogP contribution is -2.28. The highest BCUT2D eigenvalue weighted by Gasteiger charge is 2.21. The third kappa shape index (κ3) is 4.20. The maximum absolute atomic E-state index is 9.62. The first-order valence-corrected chi connectivity index (χ1v) is 8.47. The molecule has 2 aromatic rings. The number of aliphatic hydroxyl groups is 1. The molecule has 8 heteroatoms. The molecule has 1 fully saturated rings. The molecule has 1 aliphatic rings. The molecule has 0 saturated heterocycles. The standard InChI is InChI=1S/C16H18Cl2N4O2/c17-9-1-6-13(12(18)7-9)24-14-8-20-16(19)22-15(14)21-10-2-4-11(23)5-3-10/h1,6-8,10-11,23H,2-5H2,(H3,19,20,21,22)/t10-,11-. The van der Waals surface area contributed by atoms with Crippen LogP contribution in [0.4, 0.5) is 11.8 Å². The predicted octanol–water partition coefficient (Wildman–Crippen LogP) is 3.87. The van der Waals surface area contributed by atoms with Gasteiger partial charge in [-0.3, -0.25) is 0 Å². The van der Waals surface area contributed by atoms with E-state index in [1.807, 2.05) is 0 Å². The van der Waals surface area contributed by atoms with Crippen molar-refractivity contribution in [3.63, 3.8) is 0 Å². The number of halogens is 2. The summed E-state index contributed by atoms with van der Waals surface area (Å²) in [6, 6.07) is 5.18. The summed E-state index contributed by atoms with van der Waals surface area (Å²) in [4.78, 5) is 8.21. The van der Waals surface area contributed by atoms with Gasteiger partial charge in [0, 0.05) is 11.1 Å². The number of aliphatic hydroxyl groups excluding tert-OH is 1. The molecule has 1 saturated carbocycles. The number of benzene rings is 1. The number of nitrogens with one attached hydrogen (secondary N) is 1. The number of hydrogen-bond donors (Lipinski definition) is 3. The number of nitrogen functional groups attached to an aromatic ring is 1. The van der Waals surface area contributed by atoms with E-state index in [-0.39, 0.29) is 18.1 Å². The first-order valence-electron chi connectivity index (χ1n) is 7.71. The number of nitrogens with zero attached hydrogens (tertiary/aromatic N) is 2. The third-order valence-corrected chi connectivity index (χ3v) is 4.46. The van der Waals surface area contributed by atoms with Gasteiger partial charge in [-0.05, 0) is 43.9 Å². The normalized spacial score (nSPS) is 20.6. The minimum absolute atomic E-state index is 0.155. The number of nitrogens with two attached hydrogens (primary N) is 1. The van der Waals surface area contributed by atoms with E-state index in [0.717, 1.165) is 25.7 Å². The highest BCUT2D eigenvalue weighted by Crippen LogP contribution is 2.35. The summed E-state index contributed by atoms with van der Waals surface area (Å²) < 4.78 is 5.83. The first kappa shape index (κ1) is 17.1. The van der Waals surface area contributed by atoms with E-state index in [9.17, 15) is 5.11 Å². The average Bonchev–Trinajstić information content (AvgIpc) is 2.54. The van der Waals surface area contributed by atoms with Crippen molar-refractivity contribution in [2.24, 2.45) is 0 Å². The molecule has 1 aromatic heterocycles. The number of aromatic nitrogens is 2. The van der Waals surface area contributed by atoms with E-state index in [0.29, 0.717) is 27.4 Å².